The number of rotatable bonds is 41. The molecule has 0 aromatic heterocycles. The maximum absolute atomic E-state index is 12.1. The second-order valence-electron chi connectivity index (χ2n) is 17.5. The van der Waals surface area contributed by atoms with Crippen molar-refractivity contribution in [3.8, 4) is 23.0 Å². The van der Waals surface area contributed by atoms with Crippen LogP contribution in [0.25, 0.3) is 0 Å². The molecule has 2 aliphatic heterocycles. The molecule has 2 aromatic rings. The number of aliphatic hydroxyl groups is 1. The molecule has 0 bridgehead atoms. The van der Waals surface area contributed by atoms with Crippen molar-refractivity contribution in [2.45, 2.75) is 94.8 Å². The summed E-state index contributed by atoms with van der Waals surface area (Å²) in [6, 6.07) is 9.30. The molecule has 75 heavy (non-hydrogen) atoms. The molecule has 0 aliphatic carbocycles. The Labute approximate surface area is 443 Å². The van der Waals surface area contributed by atoms with E-state index in [1.165, 1.54) is 24.3 Å². The van der Waals surface area contributed by atoms with Crippen LogP contribution in [0.3, 0.4) is 0 Å². The first-order valence-electron chi connectivity index (χ1n) is 25.7. The van der Waals surface area contributed by atoms with E-state index >= 15 is 0 Å². The number of aliphatic hydroxyl groups excluding tert-OH is 1. The number of unbranched alkanes of at least 4 members (excludes halogenated alkanes) is 1. The number of benzene rings is 2. The minimum atomic E-state index is -0.481. The number of carbonyl (C=O) groups excluding carboxylic acids is 6. The summed E-state index contributed by atoms with van der Waals surface area (Å²) in [6.07, 6.45) is 6.46. The lowest BCUT2D eigenvalue weighted by Gasteiger charge is -2.15. The summed E-state index contributed by atoms with van der Waals surface area (Å²) in [6.45, 7) is 5.31. The summed E-state index contributed by atoms with van der Waals surface area (Å²) in [5.41, 5.74) is 1.53. The Bertz CT molecular complexity index is 1980. The van der Waals surface area contributed by atoms with Gasteiger partial charge in [-0.3, -0.25) is 28.8 Å². The van der Waals surface area contributed by atoms with Gasteiger partial charge in [0, 0.05) is 74.8 Å². The lowest BCUT2D eigenvalue weighted by atomic mass is 9.94. The zero-order chi connectivity index (χ0) is 54.3. The largest absolute Gasteiger partial charge is 0.504 e. The number of esters is 2. The van der Waals surface area contributed by atoms with Crippen molar-refractivity contribution in [2.75, 3.05) is 118 Å². The molecule has 0 unspecified atom stereocenters. The highest BCUT2D eigenvalue weighted by Gasteiger charge is 2.42. The third-order valence-corrected chi connectivity index (χ3v) is 13.1. The molecule has 2 heterocycles. The lowest BCUT2D eigenvalue weighted by Crippen LogP contribution is -2.29. The van der Waals surface area contributed by atoms with E-state index in [2.05, 4.69) is 16.0 Å². The number of ketones is 1. The smallest absolute Gasteiger partial charge is 0.306 e. The monoisotopic (exact) mass is 1080 g/mol. The van der Waals surface area contributed by atoms with E-state index in [4.69, 9.17) is 43.0 Å². The van der Waals surface area contributed by atoms with E-state index in [9.17, 15) is 49.2 Å². The number of nitrogens with one attached hydrogen (secondary N) is 3. The van der Waals surface area contributed by atoms with E-state index in [0.29, 0.717) is 128 Å². The summed E-state index contributed by atoms with van der Waals surface area (Å²) in [5, 5.41) is 55.0. The summed E-state index contributed by atoms with van der Waals surface area (Å²) in [5.74, 6) is -0.364. The number of phenolic OH excluding ortho intramolecular Hbond substituents is 4. The van der Waals surface area contributed by atoms with Crippen LogP contribution in [0.2, 0.25) is 0 Å². The van der Waals surface area contributed by atoms with E-state index < -0.39 is 11.9 Å². The maximum atomic E-state index is 12.1. The average Bonchev–Trinajstić information content (AvgIpc) is 3.95. The highest BCUT2D eigenvalue weighted by Crippen LogP contribution is 2.40. The standard InChI is InChI=1S/C32H48N2O10S.C20H31NO9/c35-24(4-1-2-6-29-25-21-31(39)34-26(25)22-45-29)5-3-13-41-14-15-42-16-17-43-18-19-44-32(40)10-9-30(38)33-12-11-23-7-8-27(36)28(37)20-23;22-7-8-27-9-10-28-11-12-29-13-14-30-20(26)4-3-19(25)21-6-5-16-1-2-17(23)18(24)15-16/h7-8,20,25-26,29,36-37H,1-6,9-19,21-22H2,(H,33,38)(H,34,39);1-2,15,22-24H,3-14H2,(H,21,25)/t25-,26-,29-;/m1./s1. The number of fused-ring (bicyclic) bond motifs is 1. The highest BCUT2D eigenvalue weighted by molar-refractivity contribution is 8.00. The first kappa shape index (κ1) is 64.0. The van der Waals surface area contributed by atoms with Crippen LogP contribution in [0.5, 0.6) is 23.0 Å². The molecule has 23 heteroatoms. The number of hydrogen-bond acceptors (Lipinski definition) is 20. The van der Waals surface area contributed by atoms with Gasteiger partial charge >= 0.3 is 11.9 Å². The molecule has 0 spiro atoms. The number of ether oxygens (including phenoxy) is 8. The number of Topliss-reactive ketones (excluding diaryl/α,β-unsaturated/α-hetero) is 1. The molecule has 8 N–H and O–H groups in total. The van der Waals surface area contributed by atoms with Gasteiger partial charge in [-0.25, -0.2) is 0 Å². The fraction of sp³-hybridized carbons (Fsp3) is 0.654. The van der Waals surface area contributed by atoms with E-state index in [1.807, 2.05) is 11.8 Å². The maximum Gasteiger partial charge on any atom is 0.306 e. The zero-order valence-corrected chi connectivity index (χ0v) is 43.8. The van der Waals surface area contributed by atoms with Gasteiger partial charge in [-0.05, 0) is 67.5 Å². The van der Waals surface area contributed by atoms with Crippen molar-refractivity contribution >= 4 is 47.2 Å². The van der Waals surface area contributed by atoms with E-state index in [-0.39, 0.29) is 112 Å². The number of amides is 3. The number of carbonyl (C=O) groups is 6. The van der Waals surface area contributed by atoms with Crippen molar-refractivity contribution < 1.29 is 92.2 Å². The van der Waals surface area contributed by atoms with Gasteiger partial charge in [0.15, 0.2) is 23.0 Å². The SMILES string of the molecule is O=C(CCC(=O)OCCOCCOCCOCCO)NCCc1ccc(O)c(O)c1.O=C(CCCC[C@H]1SC[C@H]2NC(=O)C[C@H]21)CCCOCCOCCOCCOC(=O)CCC(=O)NCCc1ccc(O)c(O)c1. The Morgan fingerprint density at radius 1 is 0.547 bits per heavy atom. The van der Waals surface area contributed by atoms with Gasteiger partial charge in [0.05, 0.1) is 92.1 Å². The van der Waals surface area contributed by atoms with Gasteiger partial charge < -0.3 is 79.4 Å². The summed E-state index contributed by atoms with van der Waals surface area (Å²) in [4.78, 5) is 70.7. The zero-order valence-electron chi connectivity index (χ0n) is 43.0. The molecule has 2 saturated heterocycles. The van der Waals surface area contributed by atoms with Crippen molar-refractivity contribution in [3.63, 3.8) is 0 Å². The minimum absolute atomic E-state index is 0.0109. The van der Waals surface area contributed by atoms with Gasteiger partial charge in [-0.2, -0.15) is 11.8 Å². The van der Waals surface area contributed by atoms with Gasteiger partial charge in [0.25, 0.3) is 0 Å². The number of thioether (sulfide) groups is 1. The van der Waals surface area contributed by atoms with E-state index in [0.717, 1.165) is 36.1 Å². The van der Waals surface area contributed by atoms with Crippen molar-refractivity contribution in [2.24, 2.45) is 5.92 Å². The van der Waals surface area contributed by atoms with Crippen LogP contribution in [-0.2, 0) is 79.5 Å². The van der Waals surface area contributed by atoms with E-state index in [1.54, 1.807) is 12.1 Å². The Kier molecular flexibility index (Phi) is 34.2. The third-order valence-electron chi connectivity index (χ3n) is 11.6. The topological polar surface area (TPSA) is 314 Å². The van der Waals surface area contributed by atoms with Crippen LogP contribution in [0.1, 0.15) is 81.8 Å². The fourth-order valence-corrected chi connectivity index (χ4v) is 9.22. The molecule has 2 fully saturated rings. The van der Waals surface area contributed by atoms with Crippen molar-refractivity contribution in [3.05, 3.63) is 47.5 Å². The molecular formula is C52H79N3O19S. The fourth-order valence-electron chi connectivity index (χ4n) is 7.57. The molecule has 3 atom stereocenters. The number of hydrogen-bond donors (Lipinski definition) is 8. The molecule has 2 aromatic carbocycles. The van der Waals surface area contributed by atoms with Crippen LogP contribution in [-0.4, -0.2) is 190 Å². The van der Waals surface area contributed by atoms with Crippen LogP contribution in [0, 0.1) is 5.92 Å². The predicted molar refractivity (Wildman–Crippen MR) is 274 cm³/mol. The second-order valence-corrected chi connectivity index (χ2v) is 18.8. The summed E-state index contributed by atoms with van der Waals surface area (Å²) < 4.78 is 41.9. The molecule has 4 rings (SSSR count). The summed E-state index contributed by atoms with van der Waals surface area (Å²) in [7, 11) is 0. The number of aromatic hydroxyl groups is 4. The van der Waals surface area contributed by atoms with Crippen LogP contribution >= 0.6 is 11.8 Å². The Morgan fingerprint density at radius 3 is 1.48 bits per heavy atom. The van der Waals surface area contributed by atoms with Crippen molar-refractivity contribution in [1.82, 2.24) is 16.0 Å². The molecule has 2 aliphatic rings. The molecule has 0 saturated carbocycles. The van der Waals surface area contributed by atoms with Gasteiger partial charge in [-0.1, -0.05) is 18.6 Å². The predicted octanol–water partition coefficient (Wildman–Crippen LogP) is 2.78. The second kappa shape index (κ2) is 40.0. The quantitative estimate of drug-likeness (QED) is 0.0270. The Hall–Kier alpha value is -5.27. The van der Waals surface area contributed by atoms with Gasteiger partial charge in [0.1, 0.15) is 19.0 Å². The summed E-state index contributed by atoms with van der Waals surface area (Å²) >= 11 is 1.96. The normalized spacial score (nSPS) is 15.6. The molecule has 0 radical (unpaired) electrons. The highest BCUT2D eigenvalue weighted by atomic mass is 32.2. The molecular weight excluding hydrogens is 1000 g/mol. The molecule has 422 valence electrons. The van der Waals surface area contributed by atoms with Crippen molar-refractivity contribution in [1.29, 1.82) is 0 Å². The Balaban J connectivity index is 0.000000430. The third kappa shape index (κ3) is 30.8. The molecule has 22 nitrogen and oxygen atoms in total. The lowest BCUT2D eigenvalue weighted by molar-refractivity contribution is -0.147. The van der Waals surface area contributed by atoms with Gasteiger partial charge in [-0.15, -0.1) is 0 Å². The van der Waals surface area contributed by atoms with Gasteiger partial charge in [0.2, 0.25) is 17.7 Å². The van der Waals surface area contributed by atoms with Crippen LogP contribution in [0.4, 0.5) is 0 Å². The van der Waals surface area contributed by atoms with Crippen LogP contribution < -0.4 is 16.0 Å². The first-order valence-corrected chi connectivity index (χ1v) is 26.8. The molecule has 3 amide bonds. The minimum Gasteiger partial charge on any atom is -0.504 e. The number of phenols is 4. The van der Waals surface area contributed by atoms with Crippen LogP contribution in [0.15, 0.2) is 36.4 Å². The Morgan fingerprint density at radius 2 is 1.00 bits per heavy atom. The first-order chi connectivity index (χ1) is 36.3. The average molecular weight is 1080 g/mol.